The van der Waals surface area contributed by atoms with Gasteiger partial charge in [-0.1, -0.05) is 0 Å². The molecule has 7 nitrogen and oxygen atoms in total. The van der Waals surface area contributed by atoms with Crippen LogP contribution in [0.3, 0.4) is 0 Å². The quantitative estimate of drug-likeness (QED) is 0.611. The number of hydrogen-bond acceptors (Lipinski definition) is 5. The summed E-state index contributed by atoms with van der Waals surface area (Å²) in [5, 5.41) is 11.1. The molecule has 1 aromatic rings. The van der Waals surface area contributed by atoms with Crippen molar-refractivity contribution in [2.24, 2.45) is 5.92 Å². The number of anilines is 1. The Hall–Kier alpha value is -2.31. The van der Waals surface area contributed by atoms with E-state index in [4.69, 9.17) is 4.74 Å². The van der Waals surface area contributed by atoms with Crippen LogP contribution in [0.2, 0.25) is 0 Å². The fraction of sp³-hybridized carbons (Fsp3) is 0.588. The number of rotatable bonds is 5. The maximum absolute atomic E-state index is 12.2. The molecule has 0 unspecified atom stereocenters. The Balaban J connectivity index is 1.72. The number of amides is 1. The Labute approximate surface area is 141 Å². The molecule has 24 heavy (non-hydrogen) atoms. The van der Waals surface area contributed by atoms with Crippen LogP contribution < -0.4 is 9.64 Å². The number of benzene rings is 1. The summed E-state index contributed by atoms with van der Waals surface area (Å²) < 4.78 is 5.43. The summed E-state index contributed by atoms with van der Waals surface area (Å²) in [7, 11) is 0. The van der Waals surface area contributed by atoms with Crippen LogP contribution in [0.15, 0.2) is 18.2 Å². The maximum Gasteiger partial charge on any atom is 0.311 e. The van der Waals surface area contributed by atoms with E-state index >= 15 is 0 Å². The van der Waals surface area contributed by atoms with Gasteiger partial charge in [0.1, 0.15) is 0 Å². The molecule has 0 atom stereocenters. The zero-order valence-corrected chi connectivity index (χ0v) is 13.9. The maximum atomic E-state index is 12.2. The van der Waals surface area contributed by atoms with Crippen LogP contribution in [-0.2, 0) is 4.79 Å². The summed E-state index contributed by atoms with van der Waals surface area (Å²) in [6, 6.07) is 5.00. The van der Waals surface area contributed by atoms with E-state index < -0.39 is 4.92 Å². The van der Waals surface area contributed by atoms with Crippen molar-refractivity contribution in [3.8, 4) is 5.75 Å². The molecular formula is C17H23N3O4. The van der Waals surface area contributed by atoms with Crippen molar-refractivity contribution in [3.63, 3.8) is 0 Å². The molecule has 0 aromatic heterocycles. The van der Waals surface area contributed by atoms with Gasteiger partial charge in [0.25, 0.3) is 0 Å². The molecule has 2 aliphatic rings. The SMILES string of the molecule is CCOc1cc(N2CCCN(C(=O)C3CC3)CC2)ccc1[N+](=O)[O-]. The molecule has 1 aliphatic heterocycles. The van der Waals surface area contributed by atoms with Crippen molar-refractivity contribution < 1.29 is 14.5 Å². The Morgan fingerprint density at radius 3 is 2.75 bits per heavy atom. The third-order valence-electron chi connectivity index (χ3n) is 4.54. The van der Waals surface area contributed by atoms with E-state index in [0.717, 1.165) is 44.6 Å². The van der Waals surface area contributed by atoms with Crippen molar-refractivity contribution in [2.45, 2.75) is 26.2 Å². The monoisotopic (exact) mass is 333 g/mol. The number of nitro groups is 1. The molecule has 1 heterocycles. The Morgan fingerprint density at radius 1 is 1.29 bits per heavy atom. The van der Waals surface area contributed by atoms with Crippen LogP contribution in [0, 0.1) is 16.0 Å². The number of carbonyl (C=O) groups excluding carboxylic acids is 1. The summed E-state index contributed by atoms with van der Waals surface area (Å²) in [6.45, 7) is 5.25. The summed E-state index contributed by atoms with van der Waals surface area (Å²) in [5.74, 6) is 0.839. The van der Waals surface area contributed by atoms with Gasteiger partial charge in [0, 0.05) is 49.9 Å². The molecule has 0 bridgehead atoms. The number of nitrogens with zero attached hydrogens (tertiary/aromatic N) is 3. The van der Waals surface area contributed by atoms with Gasteiger partial charge in [0.05, 0.1) is 11.5 Å². The third-order valence-corrected chi connectivity index (χ3v) is 4.54. The Bertz CT molecular complexity index is 630. The van der Waals surface area contributed by atoms with E-state index in [1.807, 2.05) is 11.8 Å². The molecule has 1 aromatic carbocycles. The molecule has 1 saturated carbocycles. The van der Waals surface area contributed by atoms with E-state index in [-0.39, 0.29) is 17.5 Å². The highest BCUT2D eigenvalue weighted by Crippen LogP contribution is 2.33. The first kappa shape index (κ1) is 16.5. The minimum absolute atomic E-state index is 0.0130. The van der Waals surface area contributed by atoms with Gasteiger partial charge in [-0.25, -0.2) is 0 Å². The fourth-order valence-corrected chi connectivity index (χ4v) is 3.11. The first-order valence-corrected chi connectivity index (χ1v) is 8.55. The predicted octanol–water partition coefficient (Wildman–Crippen LogP) is 2.44. The van der Waals surface area contributed by atoms with Crippen LogP contribution in [0.25, 0.3) is 0 Å². The first-order valence-electron chi connectivity index (χ1n) is 8.55. The van der Waals surface area contributed by atoms with Gasteiger partial charge in [0.2, 0.25) is 5.91 Å². The highest BCUT2D eigenvalue weighted by atomic mass is 16.6. The summed E-state index contributed by atoms with van der Waals surface area (Å²) >= 11 is 0. The van der Waals surface area contributed by atoms with Crippen molar-refractivity contribution >= 4 is 17.3 Å². The lowest BCUT2D eigenvalue weighted by Gasteiger charge is -2.24. The number of ether oxygens (including phenoxy) is 1. The lowest BCUT2D eigenvalue weighted by Crippen LogP contribution is -2.36. The largest absolute Gasteiger partial charge is 0.487 e. The van der Waals surface area contributed by atoms with Gasteiger partial charge in [-0.2, -0.15) is 0 Å². The van der Waals surface area contributed by atoms with Gasteiger partial charge in [0.15, 0.2) is 5.75 Å². The average molecular weight is 333 g/mol. The summed E-state index contributed by atoms with van der Waals surface area (Å²) in [6.07, 6.45) is 2.96. The zero-order chi connectivity index (χ0) is 17.1. The lowest BCUT2D eigenvalue weighted by molar-refractivity contribution is -0.385. The molecule has 0 N–H and O–H groups in total. The minimum Gasteiger partial charge on any atom is -0.487 e. The van der Waals surface area contributed by atoms with Crippen molar-refractivity contribution in [1.29, 1.82) is 0 Å². The van der Waals surface area contributed by atoms with Crippen LogP contribution in [-0.4, -0.2) is 48.5 Å². The molecule has 0 radical (unpaired) electrons. The molecule has 7 heteroatoms. The molecule has 1 amide bonds. The predicted molar refractivity (Wildman–Crippen MR) is 90.4 cm³/mol. The highest BCUT2D eigenvalue weighted by molar-refractivity contribution is 5.81. The van der Waals surface area contributed by atoms with Crippen molar-refractivity contribution in [3.05, 3.63) is 28.3 Å². The third kappa shape index (κ3) is 3.60. The molecular weight excluding hydrogens is 310 g/mol. The van der Waals surface area contributed by atoms with Crippen molar-refractivity contribution in [2.75, 3.05) is 37.7 Å². The topological polar surface area (TPSA) is 75.9 Å². The molecule has 0 spiro atoms. The average Bonchev–Trinajstić information content (AvgIpc) is 3.41. The second-order valence-electron chi connectivity index (χ2n) is 6.28. The van der Waals surface area contributed by atoms with Gasteiger partial charge in [-0.05, 0) is 32.3 Å². The molecule has 1 aliphatic carbocycles. The van der Waals surface area contributed by atoms with Crippen LogP contribution >= 0.6 is 0 Å². The first-order chi connectivity index (χ1) is 11.6. The summed E-state index contributed by atoms with van der Waals surface area (Å²) in [5.41, 5.74) is 0.894. The molecule has 130 valence electrons. The van der Waals surface area contributed by atoms with Crippen LogP contribution in [0.4, 0.5) is 11.4 Å². The van der Waals surface area contributed by atoms with Gasteiger partial charge >= 0.3 is 5.69 Å². The minimum atomic E-state index is -0.423. The van der Waals surface area contributed by atoms with Gasteiger partial charge < -0.3 is 14.5 Å². The number of hydrogen-bond donors (Lipinski definition) is 0. The van der Waals surface area contributed by atoms with E-state index in [9.17, 15) is 14.9 Å². The summed E-state index contributed by atoms with van der Waals surface area (Å²) in [4.78, 5) is 27.0. The van der Waals surface area contributed by atoms with E-state index in [1.54, 1.807) is 12.1 Å². The molecule has 3 rings (SSSR count). The highest BCUT2D eigenvalue weighted by Gasteiger charge is 2.34. The van der Waals surface area contributed by atoms with E-state index in [1.165, 1.54) is 6.07 Å². The lowest BCUT2D eigenvalue weighted by atomic mass is 10.2. The normalized spacial score (nSPS) is 18.2. The zero-order valence-electron chi connectivity index (χ0n) is 13.9. The van der Waals surface area contributed by atoms with Crippen LogP contribution in [0.5, 0.6) is 5.75 Å². The van der Waals surface area contributed by atoms with Gasteiger partial charge in [-0.15, -0.1) is 0 Å². The second-order valence-corrected chi connectivity index (χ2v) is 6.28. The fourth-order valence-electron chi connectivity index (χ4n) is 3.11. The van der Waals surface area contributed by atoms with E-state index in [2.05, 4.69) is 4.90 Å². The van der Waals surface area contributed by atoms with Crippen molar-refractivity contribution in [1.82, 2.24) is 4.90 Å². The van der Waals surface area contributed by atoms with E-state index in [0.29, 0.717) is 18.9 Å². The Morgan fingerprint density at radius 2 is 2.08 bits per heavy atom. The molecule has 1 saturated heterocycles. The number of carbonyl (C=O) groups is 1. The molecule has 2 fully saturated rings. The Kier molecular flexibility index (Phi) is 4.87. The van der Waals surface area contributed by atoms with Crippen LogP contribution in [0.1, 0.15) is 26.2 Å². The van der Waals surface area contributed by atoms with Gasteiger partial charge in [-0.3, -0.25) is 14.9 Å². The number of nitro benzene ring substituents is 1. The second kappa shape index (κ2) is 7.07. The standard InChI is InChI=1S/C17H23N3O4/c1-2-24-16-12-14(6-7-15(16)20(22)23)18-8-3-9-19(11-10-18)17(21)13-4-5-13/h6-7,12-13H,2-5,8-11H2,1H3. The smallest absolute Gasteiger partial charge is 0.311 e.